The first kappa shape index (κ1) is 12.1. The number of hydrogen-bond donors (Lipinski definition) is 1. The summed E-state index contributed by atoms with van der Waals surface area (Å²) in [6.07, 6.45) is 0.979. The first-order valence-electron chi connectivity index (χ1n) is 4.56. The van der Waals surface area contributed by atoms with Gasteiger partial charge in [-0.2, -0.15) is 0 Å². The van der Waals surface area contributed by atoms with Crippen molar-refractivity contribution in [3.63, 3.8) is 0 Å². The second-order valence-corrected chi connectivity index (χ2v) is 4.22. The van der Waals surface area contributed by atoms with Gasteiger partial charge in [-0.1, -0.05) is 0 Å². The maximum Gasteiger partial charge on any atom is 0.255 e. The summed E-state index contributed by atoms with van der Waals surface area (Å²) >= 11 is 3.20. The third kappa shape index (κ3) is 3.60. The van der Waals surface area contributed by atoms with Crippen LogP contribution in [-0.4, -0.2) is 40.6 Å². The number of carbonyl (C=O) groups excluding carboxylic acids is 1. The van der Waals surface area contributed by atoms with Crippen molar-refractivity contribution in [1.29, 1.82) is 0 Å². The minimum absolute atomic E-state index is 0.143. The van der Waals surface area contributed by atoms with E-state index in [2.05, 4.69) is 20.9 Å². The van der Waals surface area contributed by atoms with Crippen LogP contribution in [-0.2, 0) is 0 Å². The fourth-order valence-electron chi connectivity index (χ4n) is 1.20. The van der Waals surface area contributed by atoms with Gasteiger partial charge in [0.2, 0.25) is 0 Å². The summed E-state index contributed by atoms with van der Waals surface area (Å²) in [4.78, 5) is 17.2. The number of rotatable bonds is 3. The molecule has 0 fully saturated rings. The Morgan fingerprint density at radius 3 is 2.80 bits per heavy atom. The van der Waals surface area contributed by atoms with Crippen LogP contribution in [0, 0.1) is 0 Å². The summed E-state index contributed by atoms with van der Waals surface area (Å²) in [7, 11) is 1.65. The largest absolute Gasteiger partial charge is 0.392 e. The lowest BCUT2D eigenvalue weighted by Crippen LogP contribution is -2.33. The Morgan fingerprint density at radius 2 is 2.33 bits per heavy atom. The third-order valence-electron chi connectivity index (χ3n) is 1.86. The van der Waals surface area contributed by atoms with E-state index >= 15 is 0 Å². The summed E-state index contributed by atoms with van der Waals surface area (Å²) in [6.45, 7) is 1.96. The van der Waals surface area contributed by atoms with E-state index in [1.54, 1.807) is 26.1 Å². The predicted molar refractivity (Wildman–Crippen MR) is 60.6 cm³/mol. The Labute approximate surface area is 97.1 Å². The molecule has 1 amide bonds. The van der Waals surface area contributed by atoms with Crippen molar-refractivity contribution in [2.24, 2.45) is 0 Å². The standard InChI is InChI=1S/C10H13BrN2O2/c1-7(14)6-13(2)10(15)8-3-4-9(11)12-5-8/h3-5,7,14H,6H2,1-2H3. The minimum Gasteiger partial charge on any atom is -0.392 e. The summed E-state index contributed by atoms with van der Waals surface area (Å²) in [5, 5.41) is 9.15. The summed E-state index contributed by atoms with van der Waals surface area (Å²) < 4.78 is 0.692. The molecule has 0 radical (unpaired) electrons. The van der Waals surface area contributed by atoms with Crippen LogP contribution in [0.5, 0.6) is 0 Å². The van der Waals surface area contributed by atoms with Crippen LogP contribution in [0.3, 0.4) is 0 Å². The fourth-order valence-corrected chi connectivity index (χ4v) is 1.44. The van der Waals surface area contributed by atoms with Gasteiger partial charge < -0.3 is 10.0 Å². The van der Waals surface area contributed by atoms with Crippen molar-refractivity contribution in [3.05, 3.63) is 28.5 Å². The lowest BCUT2D eigenvalue weighted by atomic mass is 10.2. The highest BCUT2D eigenvalue weighted by Crippen LogP contribution is 2.08. The lowest BCUT2D eigenvalue weighted by Gasteiger charge is -2.18. The van der Waals surface area contributed by atoms with Crippen LogP contribution in [0.2, 0.25) is 0 Å². The average Bonchev–Trinajstić information content (AvgIpc) is 2.17. The Balaban J connectivity index is 2.72. The van der Waals surface area contributed by atoms with E-state index in [0.29, 0.717) is 16.7 Å². The van der Waals surface area contributed by atoms with Crippen LogP contribution >= 0.6 is 15.9 Å². The molecule has 0 aliphatic rings. The van der Waals surface area contributed by atoms with Crippen LogP contribution in [0.15, 0.2) is 22.9 Å². The highest BCUT2D eigenvalue weighted by Gasteiger charge is 2.13. The molecule has 0 aliphatic carbocycles. The van der Waals surface area contributed by atoms with Crippen molar-refractivity contribution in [2.75, 3.05) is 13.6 Å². The van der Waals surface area contributed by atoms with Gasteiger partial charge in [0.15, 0.2) is 0 Å². The SMILES string of the molecule is CC(O)CN(C)C(=O)c1ccc(Br)nc1. The summed E-state index contributed by atoms with van der Waals surface area (Å²) in [5.41, 5.74) is 0.515. The maximum absolute atomic E-state index is 11.8. The van der Waals surface area contributed by atoms with Gasteiger partial charge in [0.25, 0.3) is 5.91 Å². The van der Waals surface area contributed by atoms with Crippen LogP contribution in [0.4, 0.5) is 0 Å². The molecule has 82 valence electrons. The molecule has 1 heterocycles. The molecule has 5 heteroatoms. The van der Waals surface area contributed by atoms with Crippen LogP contribution in [0.1, 0.15) is 17.3 Å². The monoisotopic (exact) mass is 272 g/mol. The Hall–Kier alpha value is -0.940. The van der Waals surface area contributed by atoms with Gasteiger partial charge >= 0.3 is 0 Å². The minimum atomic E-state index is -0.526. The smallest absolute Gasteiger partial charge is 0.255 e. The molecule has 0 aliphatic heterocycles. The molecule has 0 spiro atoms. The number of amides is 1. The molecule has 1 atom stereocenters. The van der Waals surface area contributed by atoms with Gasteiger partial charge in [0.1, 0.15) is 4.60 Å². The zero-order valence-corrected chi connectivity index (χ0v) is 10.2. The molecule has 1 unspecified atom stereocenters. The van der Waals surface area contributed by atoms with Crippen molar-refractivity contribution >= 4 is 21.8 Å². The van der Waals surface area contributed by atoms with Gasteiger partial charge in [-0.05, 0) is 35.0 Å². The Morgan fingerprint density at radius 1 is 1.67 bits per heavy atom. The highest BCUT2D eigenvalue weighted by molar-refractivity contribution is 9.10. The molecule has 0 saturated carbocycles. The van der Waals surface area contributed by atoms with Gasteiger partial charge in [-0.15, -0.1) is 0 Å². The Bertz CT molecular complexity index is 338. The number of aliphatic hydroxyl groups excluding tert-OH is 1. The number of nitrogens with zero attached hydrogens (tertiary/aromatic N) is 2. The van der Waals surface area contributed by atoms with E-state index < -0.39 is 6.10 Å². The number of aliphatic hydroxyl groups is 1. The average molecular weight is 273 g/mol. The van der Waals surface area contributed by atoms with Gasteiger partial charge in [0.05, 0.1) is 11.7 Å². The van der Waals surface area contributed by atoms with Crippen molar-refractivity contribution < 1.29 is 9.90 Å². The topological polar surface area (TPSA) is 53.4 Å². The number of hydrogen-bond acceptors (Lipinski definition) is 3. The van der Waals surface area contributed by atoms with Crippen molar-refractivity contribution in [1.82, 2.24) is 9.88 Å². The van der Waals surface area contributed by atoms with Crippen LogP contribution < -0.4 is 0 Å². The number of likely N-dealkylation sites (N-methyl/N-ethyl adjacent to an activating group) is 1. The first-order valence-corrected chi connectivity index (χ1v) is 5.35. The van der Waals surface area contributed by atoms with Crippen molar-refractivity contribution in [3.8, 4) is 0 Å². The quantitative estimate of drug-likeness (QED) is 0.844. The molecule has 1 aromatic rings. The number of pyridine rings is 1. The van der Waals surface area contributed by atoms with E-state index in [-0.39, 0.29) is 5.91 Å². The molecule has 1 rings (SSSR count). The molecule has 1 aromatic heterocycles. The fraction of sp³-hybridized carbons (Fsp3) is 0.400. The predicted octanol–water partition coefficient (Wildman–Crippen LogP) is 1.30. The molecule has 4 nitrogen and oxygen atoms in total. The molecule has 0 aromatic carbocycles. The van der Waals surface area contributed by atoms with Gasteiger partial charge in [0, 0.05) is 19.8 Å². The molecule has 1 N–H and O–H groups in total. The zero-order chi connectivity index (χ0) is 11.4. The van der Waals surface area contributed by atoms with E-state index in [1.165, 1.54) is 11.1 Å². The second-order valence-electron chi connectivity index (χ2n) is 3.40. The van der Waals surface area contributed by atoms with Crippen LogP contribution in [0.25, 0.3) is 0 Å². The van der Waals surface area contributed by atoms with E-state index in [9.17, 15) is 4.79 Å². The molecular formula is C10H13BrN2O2. The van der Waals surface area contributed by atoms with Gasteiger partial charge in [-0.25, -0.2) is 4.98 Å². The van der Waals surface area contributed by atoms with E-state index in [0.717, 1.165) is 0 Å². The molecule has 0 bridgehead atoms. The highest BCUT2D eigenvalue weighted by atomic mass is 79.9. The van der Waals surface area contributed by atoms with Crippen molar-refractivity contribution in [2.45, 2.75) is 13.0 Å². The normalized spacial score (nSPS) is 12.3. The third-order valence-corrected chi connectivity index (χ3v) is 2.33. The molecule has 0 saturated heterocycles. The summed E-state index contributed by atoms with van der Waals surface area (Å²) in [5.74, 6) is -0.143. The molecule has 15 heavy (non-hydrogen) atoms. The van der Waals surface area contributed by atoms with E-state index in [1.807, 2.05) is 0 Å². The first-order chi connectivity index (χ1) is 7.00. The van der Waals surface area contributed by atoms with E-state index in [4.69, 9.17) is 5.11 Å². The second kappa shape index (κ2) is 5.23. The van der Waals surface area contributed by atoms with Gasteiger partial charge in [-0.3, -0.25) is 4.79 Å². The number of aromatic nitrogens is 1. The zero-order valence-electron chi connectivity index (χ0n) is 8.64. The Kier molecular flexibility index (Phi) is 4.23. The number of halogens is 1. The maximum atomic E-state index is 11.8. The molecular weight excluding hydrogens is 260 g/mol. The number of carbonyl (C=O) groups is 1. The summed E-state index contributed by atoms with van der Waals surface area (Å²) in [6, 6.07) is 3.40. The lowest BCUT2D eigenvalue weighted by molar-refractivity contribution is 0.0703.